The fourth-order valence-electron chi connectivity index (χ4n) is 2.93. The molecule has 4 rings (SSSR count). The lowest BCUT2D eigenvalue weighted by molar-refractivity contribution is 0.0725. The maximum Gasteiger partial charge on any atom is 0.234 e. The van der Waals surface area contributed by atoms with E-state index in [0.29, 0.717) is 17.4 Å². The Morgan fingerprint density at radius 2 is 2.04 bits per heavy atom. The summed E-state index contributed by atoms with van der Waals surface area (Å²) in [4.78, 5) is 12.6. The minimum absolute atomic E-state index is 0.0121. The van der Waals surface area contributed by atoms with E-state index in [2.05, 4.69) is 34.0 Å². The number of aromatic nitrogens is 4. The Morgan fingerprint density at radius 1 is 1.17 bits per heavy atom. The van der Waals surface area contributed by atoms with Crippen LogP contribution in [0.5, 0.6) is 5.75 Å². The van der Waals surface area contributed by atoms with Gasteiger partial charge in [-0.15, -0.1) is 0 Å². The number of ether oxygens (including phenoxy) is 1. The maximum absolute atomic E-state index is 6.05. The SMILES string of the molecule is CC1(C)CC(c2nc(-c3ccncn3)no2)c2ccccc2O1. The van der Waals surface area contributed by atoms with Crippen molar-refractivity contribution in [2.45, 2.75) is 31.8 Å². The maximum atomic E-state index is 6.05. The summed E-state index contributed by atoms with van der Waals surface area (Å²) in [5.41, 5.74) is 1.43. The average Bonchev–Trinajstić information content (AvgIpc) is 3.04. The van der Waals surface area contributed by atoms with Crippen LogP contribution in [0.3, 0.4) is 0 Å². The molecular formula is C17H16N4O2. The summed E-state index contributed by atoms with van der Waals surface area (Å²) in [6, 6.07) is 9.75. The second kappa shape index (κ2) is 5.15. The number of hydrogen-bond acceptors (Lipinski definition) is 6. The lowest BCUT2D eigenvalue weighted by Gasteiger charge is -2.36. The molecule has 1 aromatic carbocycles. The Labute approximate surface area is 133 Å². The van der Waals surface area contributed by atoms with Gasteiger partial charge in [0.05, 0.1) is 5.92 Å². The van der Waals surface area contributed by atoms with Crippen molar-refractivity contribution in [3.63, 3.8) is 0 Å². The Morgan fingerprint density at radius 3 is 2.87 bits per heavy atom. The third kappa shape index (κ3) is 2.56. The van der Waals surface area contributed by atoms with Crippen molar-refractivity contribution < 1.29 is 9.26 Å². The van der Waals surface area contributed by atoms with Gasteiger partial charge in [-0.2, -0.15) is 4.98 Å². The molecule has 0 N–H and O–H groups in total. The normalized spacial score (nSPS) is 19.0. The van der Waals surface area contributed by atoms with Gasteiger partial charge in [-0.1, -0.05) is 23.4 Å². The highest BCUT2D eigenvalue weighted by molar-refractivity contribution is 5.48. The third-order valence-corrected chi connectivity index (χ3v) is 3.93. The summed E-state index contributed by atoms with van der Waals surface area (Å²) in [6.45, 7) is 4.13. The Balaban J connectivity index is 1.75. The molecule has 0 bridgehead atoms. The van der Waals surface area contributed by atoms with Gasteiger partial charge in [-0.25, -0.2) is 9.97 Å². The lowest BCUT2D eigenvalue weighted by atomic mass is 9.84. The highest BCUT2D eigenvalue weighted by Gasteiger charge is 2.37. The van der Waals surface area contributed by atoms with Crippen LogP contribution in [0.1, 0.15) is 37.6 Å². The molecule has 3 heterocycles. The van der Waals surface area contributed by atoms with Gasteiger partial charge in [-0.3, -0.25) is 0 Å². The zero-order valence-electron chi connectivity index (χ0n) is 12.9. The van der Waals surface area contributed by atoms with E-state index in [4.69, 9.17) is 9.26 Å². The van der Waals surface area contributed by atoms with Gasteiger partial charge in [0, 0.05) is 18.2 Å². The molecule has 0 radical (unpaired) electrons. The highest BCUT2D eigenvalue weighted by atomic mass is 16.5. The standard InChI is InChI=1S/C17H16N4O2/c1-17(2)9-12(11-5-3-4-6-14(11)22-17)16-20-15(21-23-16)13-7-8-18-10-19-13/h3-8,10,12H,9H2,1-2H3. The molecule has 23 heavy (non-hydrogen) atoms. The predicted molar refractivity (Wildman–Crippen MR) is 82.9 cm³/mol. The molecular weight excluding hydrogens is 292 g/mol. The van der Waals surface area contributed by atoms with E-state index < -0.39 is 0 Å². The van der Waals surface area contributed by atoms with E-state index in [1.807, 2.05) is 24.3 Å². The van der Waals surface area contributed by atoms with Crippen molar-refractivity contribution in [2.24, 2.45) is 0 Å². The molecule has 1 aliphatic rings. The number of benzene rings is 1. The first-order valence-corrected chi connectivity index (χ1v) is 7.50. The van der Waals surface area contributed by atoms with E-state index >= 15 is 0 Å². The second-order valence-electron chi connectivity index (χ2n) is 6.21. The first-order chi connectivity index (χ1) is 11.1. The van der Waals surface area contributed by atoms with Gasteiger partial charge in [0.25, 0.3) is 0 Å². The molecule has 1 aliphatic heterocycles. The van der Waals surface area contributed by atoms with Crippen molar-refractivity contribution in [1.29, 1.82) is 0 Å². The number of para-hydroxylation sites is 1. The first kappa shape index (κ1) is 13.9. The van der Waals surface area contributed by atoms with Crippen LogP contribution in [0.15, 0.2) is 47.4 Å². The van der Waals surface area contributed by atoms with E-state index in [9.17, 15) is 0 Å². The van der Waals surface area contributed by atoms with Crippen molar-refractivity contribution in [3.8, 4) is 17.3 Å². The van der Waals surface area contributed by atoms with Crippen LogP contribution in [0, 0.1) is 0 Å². The van der Waals surface area contributed by atoms with Gasteiger partial charge < -0.3 is 9.26 Å². The third-order valence-electron chi connectivity index (χ3n) is 3.93. The Kier molecular flexibility index (Phi) is 3.11. The van der Waals surface area contributed by atoms with Crippen molar-refractivity contribution in [2.75, 3.05) is 0 Å². The summed E-state index contributed by atoms with van der Waals surface area (Å²) in [7, 11) is 0. The van der Waals surface area contributed by atoms with Gasteiger partial charge in [0.1, 0.15) is 23.4 Å². The zero-order chi connectivity index (χ0) is 15.9. The van der Waals surface area contributed by atoms with Gasteiger partial charge in [0.15, 0.2) is 0 Å². The van der Waals surface area contributed by atoms with Crippen molar-refractivity contribution >= 4 is 0 Å². The van der Waals surface area contributed by atoms with Crippen LogP contribution in [-0.2, 0) is 0 Å². The van der Waals surface area contributed by atoms with E-state index in [-0.39, 0.29) is 11.5 Å². The van der Waals surface area contributed by atoms with Gasteiger partial charge >= 0.3 is 0 Å². The predicted octanol–water partition coefficient (Wildman–Crippen LogP) is 3.22. The highest BCUT2D eigenvalue weighted by Crippen LogP contribution is 2.43. The number of fused-ring (bicyclic) bond motifs is 1. The van der Waals surface area contributed by atoms with E-state index in [0.717, 1.165) is 17.7 Å². The largest absolute Gasteiger partial charge is 0.488 e. The molecule has 3 aromatic rings. The van der Waals surface area contributed by atoms with Crippen molar-refractivity contribution in [3.05, 3.63) is 54.3 Å². The summed E-state index contributed by atoms with van der Waals surface area (Å²) in [5.74, 6) is 1.94. The van der Waals surface area contributed by atoms with Crippen LogP contribution in [-0.4, -0.2) is 25.7 Å². The number of nitrogens with zero attached hydrogens (tertiary/aromatic N) is 4. The minimum atomic E-state index is -0.289. The molecule has 1 atom stereocenters. The number of rotatable bonds is 2. The molecule has 0 aliphatic carbocycles. The van der Waals surface area contributed by atoms with Gasteiger partial charge in [-0.05, 0) is 26.0 Å². The average molecular weight is 308 g/mol. The zero-order valence-corrected chi connectivity index (χ0v) is 12.9. The second-order valence-corrected chi connectivity index (χ2v) is 6.21. The van der Waals surface area contributed by atoms with E-state index in [1.54, 1.807) is 12.3 Å². The molecule has 6 nitrogen and oxygen atoms in total. The molecule has 1 unspecified atom stereocenters. The summed E-state index contributed by atoms with van der Waals surface area (Å²) >= 11 is 0. The molecule has 0 spiro atoms. The fourth-order valence-corrected chi connectivity index (χ4v) is 2.93. The summed E-state index contributed by atoms with van der Waals surface area (Å²) in [5, 5.41) is 4.07. The van der Waals surface area contributed by atoms with Crippen LogP contribution in [0.25, 0.3) is 11.5 Å². The smallest absolute Gasteiger partial charge is 0.234 e. The van der Waals surface area contributed by atoms with Crippen LogP contribution >= 0.6 is 0 Å². The Bertz CT molecular complexity index is 829. The van der Waals surface area contributed by atoms with Gasteiger partial charge in [0.2, 0.25) is 11.7 Å². The summed E-state index contributed by atoms with van der Waals surface area (Å²) in [6.07, 6.45) is 3.90. The Hall–Kier alpha value is -2.76. The first-order valence-electron chi connectivity index (χ1n) is 7.50. The molecule has 116 valence electrons. The van der Waals surface area contributed by atoms with Crippen LogP contribution in [0.2, 0.25) is 0 Å². The number of hydrogen-bond donors (Lipinski definition) is 0. The monoisotopic (exact) mass is 308 g/mol. The van der Waals surface area contributed by atoms with Crippen LogP contribution in [0.4, 0.5) is 0 Å². The fraction of sp³-hybridized carbons (Fsp3) is 0.294. The lowest BCUT2D eigenvalue weighted by Crippen LogP contribution is -2.35. The molecule has 0 amide bonds. The molecule has 0 fully saturated rings. The summed E-state index contributed by atoms with van der Waals surface area (Å²) < 4.78 is 11.6. The molecule has 0 saturated heterocycles. The molecule has 6 heteroatoms. The molecule has 0 saturated carbocycles. The topological polar surface area (TPSA) is 73.9 Å². The minimum Gasteiger partial charge on any atom is -0.488 e. The van der Waals surface area contributed by atoms with E-state index in [1.165, 1.54) is 6.33 Å². The quantitative estimate of drug-likeness (QED) is 0.723. The molecule has 2 aromatic heterocycles. The van der Waals surface area contributed by atoms with Crippen molar-refractivity contribution in [1.82, 2.24) is 20.1 Å². The van der Waals surface area contributed by atoms with Crippen LogP contribution < -0.4 is 4.74 Å².